The molecular formula is C15H15BrO3. The fourth-order valence-corrected chi connectivity index (χ4v) is 3.68. The minimum absolute atomic E-state index is 0.0704. The molecule has 2 bridgehead atoms. The Bertz CT molecular complexity index is 530. The molecule has 3 nitrogen and oxygen atoms in total. The van der Waals surface area contributed by atoms with Crippen LogP contribution in [0.25, 0.3) is 0 Å². The van der Waals surface area contributed by atoms with E-state index < -0.39 is 5.92 Å². The fourth-order valence-electron chi connectivity index (χ4n) is 3.34. The predicted octanol–water partition coefficient (Wildman–Crippen LogP) is 3.11. The van der Waals surface area contributed by atoms with E-state index in [2.05, 4.69) is 15.9 Å². The van der Waals surface area contributed by atoms with Crippen molar-refractivity contribution >= 4 is 27.5 Å². The third-order valence-corrected chi connectivity index (χ3v) is 4.81. The van der Waals surface area contributed by atoms with E-state index in [1.807, 2.05) is 18.2 Å². The molecule has 2 saturated carbocycles. The number of hydrogen-bond acceptors (Lipinski definition) is 3. The third kappa shape index (κ3) is 2.02. The molecule has 2 aliphatic rings. The van der Waals surface area contributed by atoms with Crippen LogP contribution < -0.4 is 4.74 Å². The van der Waals surface area contributed by atoms with Crippen LogP contribution in [0.5, 0.6) is 5.75 Å². The van der Waals surface area contributed by atoms with E-state index in [-0.39, 0.29) is 23.4 Å². The number of ether oxygens (including phenoxy) is 1. The highest BCUT2D eigenvalue weighted by atomic mass is 79.9. The van der Waals surface area contributed by atoms with E-state index in [9.17, 15) is 9.59 Å². The molecule has 2 aliphatic carbocycles. The van der Waals surface area contributed by atoms with Crippen molar-refractivity contribution in [3.05, 3.63) is 28.2 Å². The summed E-state index contributed by atoms with van der Waals surface area (Å²) in [6, 6.07) is 5.50. The number of carbonyl (C=O) groups is 2. The monoisotopic (exact) mass is 322 g/mol. The number of carbonyl (C=O) groups excluding carboxylic acids is 2. The molecule has 0 radical (unpaired) electrons. The zero-order valence-electron chi connectivity index (χ0n) is 10.7. The van der Waals surface area contributed by atoms with Gasteiger partial charge in [0.15, 0.2) is 11.6 Å². The van der Waals surface area contributed by atoms with Gasteiger partial charge in [0, 0.05) is 21.9 Å². The Hall–Kier alpha value is -1.16. The van der Waals surface area contributed by atoms with Gasteiger partial charge in [-0.15, -0.1) is 0 Å². The lowest BCUT2D eigenvalue weighted by Gasteiger charge is -2.26. The van der Waals surface area contributed by atoms with Gasteiger partial charge in [-0.2, -0.15) is 0 Å². The van der Waals surface area contributed by atoms with Crippen LogP contribution in [0.3, 0.4) is 0 Å². The molecule has 0 aromatic heterocycles. The van der Waals surface area contributed by atoms with Crippen LogP contribution in [0.2, 0.25) is 0 Å². The second-order valence-electron chi connectivity index (χ2n) is 5.33. The van der Waals surface area contributed by atoms with Crippen molar-refractivity contribution in [2.24, 2.45) is 11.8 Å². The van der Waals surface area contributed by atoms with Gasteiger partial charge in [0.2, 0.25) is 0 Å². The van der Waals surface area contributed by atoms with E-state index in [1.54, 1.807) is 7.11 Å². The number of halogens is 1. The smallest absolute Gasteiger partial charge is 0.150 e. The van der Waals surface area contributed by atoms with Gasteiger partial charge in [0.1, 0.15) is 11.7 Å². The van der Waals surface area contributed by atoms with Crippen molar-refractivity contribution < 1.29 is 14.3 Å². The molecule has 0 heterocycles. The largest absolute Gasteiger partial charge is 0.496 e. The van der Waals surface area contributed by atoms with E-state index >= 15 is 0 Å². The zero-order chi connectivity index (χ0) is 13.6. The first kappa shape index (κ1) is 12.9. The maximum atomic E-state index is 12.5. The Morgan fingerprint density at radius 2 is 1.79 bits per heavy atom. The molecule has 100 valence electrons. The Morgan fingerprint density at radius 3 is 2.37 bits per heavy atom. The van der Waals surface area contributed by atoms with E-state index in [1.165, 1.54) is 0 Å². The first-order valence-electron chi connectivity index (χ1n) is 6.52. The van der Waals surface area contributed by atoms with E-state index in [0.29, 0.717) is 5.75 Å². The predicted molar refractivity (Wildman–Crippen MR) is 74.3 cm³/mol. The standard InChI is InChI=1S/C15H15BrO3/c1-19-12-7-10(16)4-5-11(12)13-14(17)8-2-3-9(6-8)15(13)18/h4-5,7-9,13H,2-3,6H2,1H3. The Morgan fingerprint density at radius 1 is 1.16 bits per heavy atom. The third-order valence-electron chi connectivity index (χ3n) is 4.31. The molecule has 1 aromatic rings. The van der Waals surface area contributed by atoms with Gasteiger partial charge < -0.3 is 4.74 Å². The van der Waals surface area contributed by atoms with Gasteiger partial charge in [-0.25, -0.2) is 0 Å². The Balaban J connectivity index is 2.06. The number of ketones is 2. The zero-order valence-corrected chi connectivity index (χ0v) is 12.3. The molecule has 2 atom stereocenters. The summed E-state index contributed by atoms with van der Waals surface area (Å²) in [6.07, 6.45) is 2.49. The van der Waals surface area contributed by atoms with E-state index in [4.69, 9.17) is 4.74 Å². The number of methoxy groups -OCH3 is 1. The average molecular weight is 323 g/mol. The van der Waals surface area contributed by atoms with Crippen molar-refractivity contribution in [2.45, 2.75) is 25.2 Å². The number of Topliss-reactive ketones (excluding diaryl/α,β-unsaturated/α-hetero) is 2. The molecule has 2 fully saturated rings. The summed E-state index contributed by atoms with van der Waals surface area (Å²) in [5, 5.41) is 0. The molecule has 2 unspecified atom stereocenters. The molecule has 0 amide bonds. The lowest BCUT2D eigenvalue weighted by atomic mass is 9.75. The Labute approximate surface area is 120 Å². The molecular weight excluding hydrogens is 308 g/mol. The summed E-state index contributed by atoms with van der Waals surface area (Å²) in [5.41, 5.74) is 0.720. The topological polar surface area (TPSA) is 43.4 Å². The van der Waals surface area contributed by atoms with Crippen LogP contribution in [0.15, 0.2) is 22.7 Å². The van der Waals surface area contributed by atoms with Crippen LogP contribution in [0.4, 0.5) is 0 Å². The van der Waals surface area contributed by atoms with Gasteiger partial charge in [-0.3, -0.25) is 9.59 Å². The summed E-state index contributed by atoms with van der Waals surface area (Å²) in [7, 11) is 1.57. The van der Waals surface area contributed by atoms with Crippen molar-refractivity contribution in [1.29, 1.82) is 0 Å². The fraction of sp³-hybridized carbons (Fsp3) is 0.467. The van der Waals surface area contributed by atoms with Gasteiger partial charge >= 0.3 is 0 Å². The highest BCUT2D eigenvalue weighted by molar-refractivity contribution is 9.10. The van der Waals surface area contributed by atoms with Crippen LogP contribution >= 0.6 is 15.9 Å². The van der Waals surface area contributed by atoms with Crippen molar-refractivity contribution in [2.75, 3.05) is 7.11 Å². The first-order valence-corrected chi connectivity index (χ1v) is 7.32. The van der Waals surface area contributed by atoms with Crippen LogP contribution in [0, 0.1) is 11.8 Å². The lowest BCUT2D eigenvalue weighted by molar-refractivity contribution is -0.136. The van der Waals surface area contributed by atoms with Crippen LogP contribution in [-0.4, -0.2) is 18.7 Å². The maximum absolute atomic E-state index is 12.5. The van der Waals surface area contributed by atoms with Crippen molar-refractivity contribution in [3.8, 4) is 5.75 Å². The molecule has 3 rings (SSSR count). The highest BCUT2D eigenvalue weighted by Gasteiger charge is 2.48. The van der Waals surface area contributed by atoms with E-state index in [0.717, 1.165) is 29.3 Å². The second kappa shape index (κ2) is 4.75. The summed E-state index contributed by atoms with van der Waals surface area (Å²) >= 11 is 3.38. The molecule has 0 spiro atoms. The number of benzene rings is 1. The summed E-state index contributed by atoms with van der Waals surface area (Å²) in [5.74, 6) is 0.303. The summed E-state index contributed by atoms with van der Waals surface area (Å²) in [4.78, 5) is 24.9. The molecule has 19 heavy (non-hydrogen) atoms. The quantitative estimate of drug-likeness (QED) is 0.786. The first-order chi connectivity index (χ1) is 9.11. The number of rotatable bonds is 2. The van der Waals surface area contributed by atoms with Crippen LogP contribution in [0.1, 0.15) is 30.7 Å². The van der Waals surface area contributed by atoms with Gasteiger partial charge in [0.05, 0.1) is 7.11 Å². The highest BCUT2D eigenvalue weighted by Crippen LogP contribution is 2.45. The second-order valence-corrected chi connectivity index (χ2v) is 6.25. The number of hydrogen-bond donors (Lipinski definition) is 0. The van der Waals surface area contributed by atoms with Gasteiger partial charge in [-0.1, -0.05) is 22.0 Å². The molecule has 0 N–H and O–H groups in total. The summed E-state index contributed by atoms with van der Waals surface area (Å²) < 4.78 is 6.21. The molecule has 0 saturated heterocycles. The summed E-state index contributed by atoms with van der Waals surface area (Å²) in [6.45, 7) is 0. The normalized spacial score (nSPS) is 29.7. The number of fused-ring (bicyclic) bond motifs is 2. The van der Waals surface area contributed by atoms with Crippen molar-refractivity contribution in [3.63, 3.8) is 0 Å². The minimum atomic E-state index is -0.616. The minimum Gasteiger partial charge on any atom is -0.496 e. The van der Waals surface area contributed by atoms with Gasteiger partial charge in [0.25, 0.3) is 0 Å². The molecule has 0 aliphatic heterocycles. The SMILES string of the molecule is COc1cc(Br)ccc1C1C(=O)C2CCC(C2)C1=O. The van der Waals surface area contributed by atoms with Crippen molar-refractivity contribution in [1.82, 2.24) is 0 Å². The Kier molecular flexibility index (Phi) is 3.21. The molecule has 4 heteroatoms. The van der Waals surface area contributed by atoms with Gasteiger partial charge in [-0.05, 0) is 31.4 Å². The molecule has 1 aromatic carbocycles. The lowest BCUT2D eigenvalue weighted by Crippen LogP contribution is -2.35. The van der Waals surface area contributed by atoms with Crippen LogP contribution in [-0.2, 0) is 9.59 Å². The average Bonchev–Trinajstić information content (AvgIpc) is 2.85. The maximum Gasteiger partial charge on any atom is 0.150 e.